The summed E-state index contributed by atoms with van der Waals surface area (Å²) in [5.41, 5.74) is 0. The Hall–Kier alpha value is -1.33. The number of amides is 1. The molecule has 0 unspecified atom stereocenters. The molecule has 0 spiro atoms. The average molecular weight is 439 g/mol. The van der Waals surface area contributed by atoms with Gasteiger partial charge in [-0.15, -0.1) is 0 Å². The van der Waals surface area contributed by atoms with Crippen molar-refractivity contribution >= 4 is 34.8 Å². The van der Waals surface area contributed by atoms with Crippen molar-refractivity contribution in [3.63, 3.8) is 0 Å². The maximum atomic E-state index is 12.1. The minimum absolute atomic E-state index is 0.0599. The number of hydrogen-bond donors (Lipinski definition) is 2. The molecule has 1 saturated carbocycles. The Labute approximate surface area is 186 Å². The maximum Gasteiger partial charge on any atom is 0.226 e. The second kappa shape index (κ2) is 14.6. The van der Waals surface area contributed by atoms with Gasteiger partial charge in [0.1, 0.15) is 5.75 Å². The molecule has 1 amide bonds. The van der Waals surface area contributed by atoms with E-state index in [1.54, 1.807) is 12.1 Å². The Bertz CT molecular complexity index is 597. The van der Waals surface area contributed by atoms with Gasteiger partial charge in [-0.05, 0) is 55.7 Å². The number of carbonyl (C=O) groups excluding carboxylic acids is 1. The molecule has 2 rings (SSSR count). The zero-order chi connectivity index (χ0) is 20.7. The molecule has 0 radical (unpaired) electrons. The van der Waals surface area contributed by atoms with Crippen molar-refractivity contribution in [3.05, 3.63) is 29.3 Å². The monoisotopic (exact) mass is 438 g/mol. The van der Waals surface area contributed by atoms with E-state index in [4.69, 9.17) is 28.6 Å². The van der Waals surface area contributed by atoms with E-state index in [2.05, 4.69) is 10.6 Å². The van der Waals surface area contributed by atoms with Gasteiger partial charge >= 0.3 is 0 Å². The molecule has 2 N–H and O–H groups in total. The number of benzene rings is 1. The van der Waals surface area contributed by atoms with Crippen LogP contribution in [0.25, 0.3) is 0 Å². The molecule has 1 aliphatic rings. The van der Waals surface area contributed by atoms with Crippen LogP contribution in [-0.4, -0.2) is 23.7 Å². The van der Waals surface area contributed by atoms with Crippen molar-refractivity contribution in [2.24, 2.45) is 0 Å². The van der Waals surface area contributed by atoms with Gasteiger partial charge in [0, 0.05) is 17.5 Å². The molecule has 0 saturated heterocycles. The number of rotatable bonds is 6. The molecule has 1 aromatic rings. The Morgan fingerprint density at radius 3 is 2.10 bits per heavy atom. The lowest BCUT2D eigenvalue weighted by atomic mass is 9.98. The fraction of sp³-hybridized carbons (Fsp3) is 0.652. The third kappa shape index (κ3) is 11.4. The van der Waals surface area contributed by atoms with Crippen LogP contribution in [0.3, 0.4) is 0 Å². The first-order valence-corrected chi connectivity index (χ1v) is 11.9. The van der Waals surface area contributed by atoms with Crippen LogP contribution in [-0.2, 0) is 4.79 Å². The zero-order valence-corrected chi connectivity index (χ0v) is 19.0. The summed E-state index contributed by atoms with van der Waals surface area (Å²) in [6.45, 7) is 0.484. The van der Waals surface area contributed by atoms with Gasteiger partial charge in [0.05, 0.1) is 6.61 Å². The van der Waals surface area contributed by atoms with Crippen LogP contribution in [0.4, 0.5) is 0 Å². The van der Waals surface area contributed by atoms with Crippen molar-refractivity contribution in [1.82, 2.24) is 10.6 Å². The Morgan fingerprint density at radius 1 is 0.966 bits per heavy atom. The van der Waals surface area contributed by atoms with Gasteiger partial charge in [-0.1, -0.05) is 69.4 Å². The minimum atomic E-state index is -0.0599. The van der Waals surface area contributed by atoms with Gasteiger partial charge in [-0.25, -0.2) is 0 Å². The molecule has 1 fully saturated rings. The van der Waals surface area contributed by atoms with Crippen LogP contribution in [0.15, 0.2) is 24.3 Å². The number of ether oxygens (including phenoxy) is 1. The number of hydrogen-bond acceptors (Lipinski definition) is 3. The molecule has 162 valence electrons. The van der Waals surface area contributed by atoms with Crippen LogP contribution < -0.4 is 15.4 Å². The first kappa shape index (κ1) is 23.9. The fourth-order valence-electron chi connectivity index (χ4n) is 3.67. The molecular weight excluding hydrogens is 404 g/mol. The third-order valence-electron chi connectivity index (χ3n) is 5.32. The number of thiocarbonyl (C=S) groups is 1. The number of carbonyl (C=O) groups is 1. The molecule has 0 heterocycles. The highest BCUT2D eigenvalue weighted by Gasteiger charge is 2.12. The van der Waals surface area contributed by atoms with Gasteiger partial charge in [-0.3, -0.25) is 4.79 Å². The summed E-state index contributed by atoms with van der Waals surface area (Å²) in [6, 6.07) is 7.59. The average Bonchev–Trinajstić information content (AvgIpc) is 2.68. The first-order valence-electron chi connectivity index (χ1n) is 11.1. The lowest BCUT2D eigenvalue weighted by Crippen LogP contribution is -2.44. The smallest absolute Gasteiger partial charge is 0.226 e. The molecule has 0 aliphatic heterocycles. The summed E-state index contributed by atoms with van der Waals surface area (Å²) in [4.78, 5) is 12.1. The topological polar surface area (TPSA) is 50.4 Å². The van der Waals surface area contributed by atoms with Gasteiger partial charge in [0.15, 0.2) is 5.11 Å². The van der Waals surface area contributed by atoms with Gasteiger partial charge in [0.25, 0.3) is 0 Å². The van der Waals surface area contributed by atoms with Crippen LogP contribution in [0.2, 0.25) is 5.02 Å². The summed E-state index contributed by atoms with van der Waals surface area (Å²) in [6.07, 6.45) is 15.2. The van der Waals surface area contributed by atoms with E-state index in [1.165, 1.54) is 57.8 Å². The Balaban J connectivity index is 1.62. The highest BCUT2D eigenvalue weighted by molar-refractivity contribution is 7.80. The SMILES string of the molecule is O=C(CCCOc1ccc(Cl)cc1)NC(=S)NC1CCCCCCCCCCC1. The summed E-state index contributed by atoms with van der Waals surface area (Å²) in [5, 5.41) is 7.35. The van der Waals surface area contributed by atoms with Crippen molar-refractivity contribution in [2.45, 2.75) is 89.5 Å². The van der Waals surface area contributed by atoms with E-state index in [1.807, 2.05) is 12.1 Å². The normalized spacial score (nSPS) is 16.9. The van der Waals surface area contributed by atoms with Crippen LogP contribution in [0.1, 0.15) is 83.5 Å². The van der Waals surface area contributed by atoms with E-state index in [0.29, 0.717) is 35.6 Å². The molecule has 1 aliphatic carbocycles. The number of halogens is 1. The summed E-state index contributed by atoms with van der Waals surface area (Å²) < 4.78 is 5.62. The highest BCUT2D eigenvalue weighted by Crippen LogP contribution is 2.17. The molecule has 6 heteroatoms. The van der Waals surface area contributed by atoms with Crippen LogP contribution in [0, 0.1) is 0 Å². The van der Waals surface area contributed by atoms with Crippen molar-refractivity contribution in [2.75, 3.05) is 6.61 Å². The van der Waals surface area contributed by atoms with Gasteiger partial charge in [-0.2, -0.15) is 0 Å². The van der Waals surface area contributed by atoms with E-state index in [-0.39, 0.29) is 5.91 Å². The van der Waals surface area contributed by atoms with Gasteiger partial charge in [0.2, 0.25) is 5.91 Å². The van der Waals surface area contributed by atoms with E-state index in [9.17, 15) is 4.79 Å². The Morgan fingerprint density at radius 2 is 1.52 bits per heavy atom. The van der Waals surface area contributed by atoms with Gasteiger partial charge < -0.3 is 15.4 Å². The summed E-state index contributed by atoms with van der Waals surface area (Å²) in [7, 11) is 0. The summed E-state index contributed by atoms with van der Waals surface area (Å²) in [5.74, 6) is 0.699. The molecule has 4 nitrogen and oxygen atoms in total. The van der Waals surface area contributed by atoms with Crippen LogP contribution in [0.5, 0.6) is 5.75 Å². The fourth-order valence-corrected chi connectivity index (χ4v) is 4.08. The predicted octanol–water partition coefficient (Wildman–Crippen LogP) is 6.16. The predicted molar refractivity (Wildman–Crippen MR) is 125 cm³/mol. The highest BCUT2D eigenvalue weighted by atomic mass is 35.5. The first-order chi connectivity index (χ1) is 14.1. The molecule has 0 aromatic heterocycles. The summed E-state index contributed by atoms with van der Waals surface area (Å²) >= 11 is 11.2. The maximum absolute atomic E-state index is 12.1. The minimum Gasteiger partial charge on any atom is -0.494 e. The quantitative estimate of drug-likeness (QED) is 0.412. The van der Waals surface area contributed by atoms with Crippen molar-refractivity contribution in [1.29, 1.82) is 0 Å². The lowest BCUT2D eigenvalue weighted by molar-refractivity contribution is -0.119. The zero-order valence-electron chi connectivity index (χ0n) is 17.4. The number of nitrogens with one attached hydrogen (secondary N) is 2. The molecular formula is C23H35ClN2O2S. The van der Waals surface area contributed by atoms with Crippen molar-refractivity contribution in [3.8, 4) is 5.75 Å². The third-order valence-corrected chi connectivity index (χ3v) is 5.80. The second-order valence-electron chi connectivity index (χ2n) is 7.88. The standard InChI is InChI=1S/C23H35ClN2O2S/c24-19-14-16-21(17-15-19)28-18-10-13-22(27)26-23(29)25-20-11-8-6-4-2-1-3-5-7-9-12-20/h14-17,20H,1-13,18H2,(H2,25,26,27,29). The van der Waals surface area contributed by atoms with Crippen LogP contribution >= 0.6 is 23.8 Å². The molecule has 0 bridgehead atoms. The van der Waals surface area contributed by atoms with E-state index >= 15 is 0 Å². The largest absolute Gasteiger partial charge is 0.494 e. The molecule has 29 heavy (non-hydrogen) atoms. The van der Waals surface area contributed by atoms with Crippen molar-refractivity contribution < 1.29 is 9.53 Å². The molecule has 0 atom stereocenters. The van der Waals surface area contributed by atoms with E-state index < -0.39 is 0 Å². The molecule has 1 aromatic carbocycles. The lowest BCUT2D eigenvalue weighted by Gasteiger charge is -2.21. The second-order valence-corrected chi connectivity index (χ2v) is 8.73. The van der Waals surface area contributed by atoms with E-state index in [0.717, 1.165) is 18.6 Å². The Kier molecular flexibility index (Phi) is 12.1.